The van der Waals surface area contributed by atoms with E-state index < -0.39 is 0 Å². The van der Waals surface area contributed by atoms with Crippen LogP contribution in [0.25, 0.3) is 0 Å². The van der Waals surface area contributed by atoms with Crippen LogP contribution in [0.2, 0.25) is 5.02 Å². The largest absolute Gasteiger partial charge is 0.325 e. The first-order chi connectivity index (χ1) is 6.65. The van der Waals surface area contributed by atoms with Gasteiger partial charge >= 0.3 is 0 Å². The van der Waals surface area contributed by atoms with E-state index in [9.17, 15) is 0 Å². The second kappa shape index (κ2) is 4.19. The minimum atomic E-state index is 0.355. The lowest BCUT2D eigenvalue weighted by molar-refractivity contribution is 0.142. The molecule has 0 atom stereocenters. The standard InChI is InChI=1S/C10H12BrClN2/c11-10-2-1-8(12)3-7(10)4-14-5-9(13)6-14/h1-3,9H,4-6,13H2. The molecule has 1 fully saturated rings. The SMILES string of the molecule is NC1CN(Cc2cc(Cl)ccc2Br)C1. The molecule has 1 aromatic carbocycles. The number of nitrogens with zero attached hydrogens (tertiary/aromatic N) is 1. The van der Waals surface area contributed by atoms with Gasteiger partial charge in [-0.15, -0.1) is 0 Å². The third kappa shape index (κ3) is 2.28. The van der Waals surface area contributed by atoms with Gasteiger partial charge in [-0.25, -0.2) is 0 Å². The Labute approximate surface area is 97.2 Å². The van der Waals surface area contributed by atoms with Gasteiger partial charge in [0.1, 0.15) is 0 Å². The Morgan fingerprint density at radius 3 is 2.86 bits per heavy atom. The first kappa shape index (κ1) is 10.4. The summed E-state index contributed by atoms with van der Waals surface area (Å²) in [5, 5.41) is 0.785. The van der Waals surface area contributed by atoms with Crippen LogP contribution in [0.15, 0.2) is 22.7 Å². The van der Waals surface area contributed by atoms with Crippen LogP contribution in [0, 0.1) is 0 Å². The lowest BCUT2D eigenvalue weighted by Crippen LogP contribution is -2.54. The van der Waals surface area contributed by atoms with E-state index in [1.807, 2.05) is 18.2 Å². The van der Waals surface area contributed by atoms with Crippen molar-refractivity contribution >= 4 is 27.5 Å². The van der Waals surface area contributed by atoms with Gasteiger partial charge in [0.25, 0.3) is 0 Å². The summed E-state index contributed by atoms with van der Waals surface area (Å²) in [7, 11) is 0. The Balaban J connectivity index is 2.05. The molecule has 4 heteroatoms. The molecular formula is C10H12BrClN2. The van der Waals surface area contributed by atoms with Gasteiger partial charge in [-0.2, -0.15) is 0 Å². The monoisotopic (exact) mass is 274 g/mol. The van der Waals surface area contributed by atoms with Crippen molar-refractivity contribution in [2.24, 2.45) is 5.73 Å². The van der Waals surface area contributed by atoms with Gasteiger partial charge in [0.15, 0.2) is 0 Å². The normalized spacial score (nSPS) is 18.2. The average molecular weight is 276 g/mol. The molecule has 0 aliphatic carbocycles. The third-order valence-electron chi connectivity index (χ3n) is 2.39. The number of nitrogens with two attached hydrogens (primary N) is 1. The summed E-state index contributed by atoms with van der Waals surface area (Å²) in [6, 6.07) is 6.22. The fraction of sp³-hybridized carbons (Fsp3) is 0.400. The van der Waals surface area contributed by atoms with Crippen LogP contribution in [0.5, 0.6) is 0 Å². The summed E-state index contributed by atoms with van der Waals surface area (Å²) in [5.41, 5.74) is 6.94. The number of hydrogen-bond donors (Lipinski definition) is 1. The van der Waals surface area contributed by atoms with E-state index in [1.54, 1.807) is 0 Å². The van der Waals surface area contributed by atoms with Gasteiger partial charge in [0, 0.05) is 35.2 Å². The minimum absolute atomic E-state index is 0.355. The fourth-order valence-corrected chi connectivity index (χ4v) is 2.21. The van der Waals surface area contributed by atoms with Crippen molar-refractivity contribution in [3.63, 3.8) is 0 Å². The first-order valence-electron chi connectivity index (χ1n) is 4.57. The molecule has 76 valence electrons. The van der Waals surface area contributed by atoms with Gasteiger partial charge in [0.2, 0.25) is 0 Å². The zero-order valence-electron chi connectivity index (χ0n) is 7.71. The number of halogens is 2. The Morgan fingerprint density at radius 2 is 2.21 bits per heavy atom. The molecule has 2 N–H and O–H groups in total. The maximum Gasteiger partial charge on any atom is 0.0410 e. The topological polar surface area (TPSA) is 29.3 Å². The van der Waals surface area contributed by atoms with E-state index in [0.717, 1.165) is 29.1 Å². The second-order valence-electron chi connectivity index (χ2n) is 3.69. The maximum atomic E-state index is 5.93. The molecule has 1 heterocycles. The molecule has 0 amide bonds. The lowest BCUT2D eigenvalue weighted by atomic mass is 10.1. The maximum absolute atomic E-state index is 5.93. The predicted octanol–water partition coefficient (Wildman–Crippen LogP) is 2.25. The zero-order chi connectivity index (χ0) is 10.1. The Morgan fingerprint density at radius 1 is 1.50 bits per heavy atom. The van der Waals surface area contributed by atoms with Crippen LogP contribution in [-0.4, -0.2) is 24.0 Å². The molecule has 0 spiro atoms. The van der Waals surface area contributed by atoms with Crippen molar-refractivity contribution in [2.45, 2.75) is 12.6 Å². The highest BCUT2D eigenvalue weighted by Gasteiger charge is 2.23. The number of likely N-dealkylation sites (tertiary alicyclic amines) is 1. The van der Waals surface area contributed by atoms with E-state index in [0.29, 0.717) is 6.04 Å². The van der Waals surface area contributed by atoms with Crippen LogP contribution in [0.4, 0.5) is 0 Å². The van der Waals surface area contributed by atoms with E-state index >= 15 is 0 Å². The molecule has 0 radical (unpaired) electrons. The summed E-state index contributed by atoms with van der Waals surface area (Å²) in [6.45, 7) is 2.90. The van der Waals surface area contributed by atoms with Crippen molar-refractivity contribution in [2.75, 3.05) is 13.1 Å². The lowest BCUT2D eigenvalue weighted by Gasteiger charge is -2.37. The molecule has 1 saturated heterocycles. The van der Waals surface area contributed by atoms with E-state index in [4.69, 9.17) is 17.3 Å². The quantitative estimate of drug-likeness (QED) is 0.897. The van der Waals surface area contributed by atoms with Crippen molar-refractivity contribution in [3.8, 4) is 0 Å². The van der Waals surface area contributed by atoms with Gasteiger partial charge in [-0.05, 0) is 23.8 Å². The van der Waals surface area contributed by atoms with E-state index in [1.165, 1.54) is 5.56 Å². The fourth-order valence-electron chi connectivity index (χ4n) is 1.64. The number of hydrogen-bond acceptors (Lipinski definition) is 2. The Kier molecular flexibility index (Phi) is 3.12. The van der Waals surface area contributed by atoms with Crippen LogP contribution in [0.3, 0.4) is 0 Å². The molecule has 2 rings (SSSR count). The van der Waals surface area contributed by atoms with Gasteiger partial charge in [-0.3, -0.25) is 4.90 Å². The minimum Gasteiger partial charge on any atom is -0.325 e. The summed E-state index contributed by atoms with van der Waals surface area (Å²) >= 11 is 9.44. The summed E-state index contributed by atoms with van der Waals surface area (Å²) in [6.07, 6.45) is 0. The molecule has 1 aliphatic heterocycles. The van der Waals surface area contributed by atoms with Crippen molar-refractivity contribution < 1.29 is 0 Å². The van der Waals surface area contributed by atoms with Gasteiger partial charge in [-0.1, -0.05) is 27.5 Å². The molecule has 1 aliphatic rings. The highest BCUT2D eigenvalue weighted by molar-refractivity contribution is 9.10. The predicted molar refractivity (Wildman–Crippen MR) is 62.4 cm³/mol. The van der Waals surface area contributed by atoms with Crippen molar-refractivity contribution in [3.05, 3.63) is 33.3 Å². The number of rotatable bonds is 2. The van der Waals surface area contributed by atoms with Crippen LogP contribution in [-0.2, 0) is 6.54 Å². The molecule has 0 aromatic heterocycles. The van der Waals surface area contributed by atoms with E-state index in [-0.39, 0.29) is 0 Å². The van der Waals surface area contributed by atoms with Gasteiger partial charge < -0.3 is 5.73 Å². The van der Waals surface area contributed by atoms with Crippen LogP contribution < -0.4 is 5.73 Å². The highest BCUT2D eigenvalue weighted by Crippen LogP contribution is 2.23. The Hall–Kier alpha value is -0.0900. The van der Waals surface area contributed by atoms with Crippen LogP contribution >= 0.6 is 27.5 Å². The molecular weight excluding hydrogens is 263 g/mol. The first-order valence-corrected chi connectivity index (χ1v) is 5.74. The highest BCUT2D eigenvalue weighted by atomic mass is 79.9. The molecule has 1 aromatic rings. The third-order valence-corrected chi connectivity index (χ3v) is 3.40. The smallest absolute Gasteiger partial charge is 0.0410 e. The average Bonchev–Trinajstić information content (AvgIpc) is 2.09. The summed E-state index contributed by atoms with van der Waals surface area (Å²) < 4.78 is 1.11. The van der Waals surface area contributed by atoms with Gasteiger partial charge in [0.05, 0.1) is 0 Å². The Bertz CT molecular complexity index is 337. The van der Waals surface area contributed by atoms with E-state index in [2.05, 4.69) is 20.8 Å². The van der Waals surface area contributed by atoms with Crippen molar-refractivity contribution in [1.82, 2.24) is 4.90 Å². The summed E-state index contributed by atoms with van der Waals surface area (Å²) in [4.78, 5) is 2.31. The molecule has 14 heavy (non-hydrogen) atoms. The van der Waals surface area contributed by atoms with Crippen LogP contribution in [0.1, 0.15) is 5.56 Å². The summed E-state index contributed by atoms with van der Waals surface area (Å²) in [5.74, 6) is 0. The molecule has 0 saturated carbocycles. The number of benzene rings is 1. The second-order valence-corrected chi connectivity index (χ2v) is 4.98. The molecule has 2 nitrogen and oxygen atoms in total. The molecule has 0 bridgehead atoms. The zero-order valence-corrected chi connectivity index (χ0v) is 10.1. The van der Waals surface area contributed by atoms with Crippen molar-refractivity contribution in [1.29, 1.82) is 0 Å². The molecule has 0 unspecified atom stereocenters.